The third kappa shape index (κ3) is 6.58. The lowest BCUT2D eigenvalue weighted by molar-refractivity contribution is -0.111. The van der Waals surface area contributed by atoms with Crippen LogP contribution in [0.5, 0.6) is 23.0 Å². The molecule has 0 spiro atoms. The fraction of sp³-hybridized carbons (Fsp3) is 0.143. The van der Waals surface area contributed by atoms with Crippen LogP contribution in [0.25, 0.3) is 17.3 Å². The normalized spacial score (nSPS) is 10.9. The number of ether oxygens (including phenoxy) is 4. The van der Waals surface area contributed by atoms with E-state index in [0.717, 1.165) is 11.1 Å². The Bertz CT molecular complexity index is 1450. The zero-order valence-electron chi connectivity index (χ0n) is 20.8. The van der Waals surface area contributed by atoms with Crippen molar-refractivity contribution in [3.8, 4) is 34.3 Å². The second-order valence-electron chi connectivity index (χ2n) is 7.83. The van der Waals surface area contributed by atoms with Crippen molar-refractivity contribution in [3.63, 3.8) is 0 Å². The molecule has 0 radical (unpaired) electrons. The van der Waals surface area contributed by atoms with E-state index in [1.807, 2.05) is 29.6 Å². The molecule has 0 saturated heterocycles. The number of anilines is 1. The summed E-state index contributed by atoms with van der Waals surface area (Å²) in [6.45, 7) is 0.186. The lowest BCUT2D eigenvalue weighted by Gasteiger charge is -2.13. The largest absolute Gasteiger partial charge is 0.493 e. The van der Waals surface area contributed by atoms with Crippen LogP contribution in [-0.2, 0) is 11.4 Å². The number of methoxy groups -OCH3 is 3. The van der Waals surface area contributed by atoms with Crippen molar-refractivity contribution in [2.24, 2.45) is 0 Å². The predicted octanol–water partition coefficient (Wildman–Crippen LogP) is 7.37. The fourth-order valence-corrected chi connectivity index (χ4v) is 4.73. The van der Waals surface area contributed by atoms with E-state index in [2.05, 4.69) is 10.3 Å². The van der Waals surface area contributed by atoms with Crippen molar-refractivity contribution in [2.75, 3.05) is 26.6 Å². The molecule has 10 heteroatoms. The smallest absolute Gasteiger partial charge is 0.250 e. The number of hydrogen-bond acceptors (Lipinski definition) is 7. The summed E-state index contributed by atoms with van der Waals surface area (Å²) in [5.41, 5.74) is 3.01. The fourth-order valence-electron chi connectivity index (χ4n) is 3.51. The molecule has 4 aromatic rings. The van der Waals surface area contributed by atoms with Gasteiger partial charge < -0.3 is 18.9 Å². The molecule has 0 bridgehead atoms. The number of thiazole rings is 1. The highest BCUT2D eigenvalue weighted by atomic mass is 35.5. The average molecular weight is 571 g/mol. The molecule has 1 amide bonds. The van der Waals surface area contributed by atoms with Gasteiger partial charge in [0.1, 0.15) is 6.61 Å². The molecule has 0 fully saturated rings. The Morgan fingerprint density at radius 1 is 0.921 bits per heavy atom. The minimum absolute atomic E-state index is 0.186. The first-order chi connectivity index (χ1) is 18.4. The lowest BCUT2D eigenvalue weighted by atomic mass is 10.1. The molecule has 1 aromatic heterocycles. The van der Waals surface area contributed by atoms with Crippen LogP contribution in [0.4, 0.5) is 5.13 Å². The van der Waals surface area contributed by atoms with Gasteiger partial charge in [0, 0.05) is 32.6 Å². The van der Waals surface area contributed by atoms with Gasteiger partial charge >= 0.3 is 0 Å². The molecule has 1 heterocycles. The number of aromatic nitrogens is 1. The molecule has 0 aliphatic heterocycles. The Labute approximate surface area is 234 Å². The monoisotopic (exact) mass is 570 g/mol. The summed E-state index contributed by atoms with van der Waals surface area (Å²) in [6.07, 6.45) is 3.10. The van der Waals surface area contributed by atoms with Crippen LogP contribution in [0, 0.1) is 0 Å². The van der Waals surface area contributed by atoms with Gasteiger partial charge in [0.15, 0.2) is 28.1 Å². The topological polar surface area (TPSA) is 78.9 Å². The quantitative estimate of drug-likeness (QED) is 0.200. The van der Waals surface area contributed by atoms with Crippen molar-refractivity contribution >= 4 is 51.7 Å². The van der Waals surface area contributed by atoms with Gasteiger partial charge in [-0.25, -0.2) is 4.98 Å². The molecule has 4 rings (SSSR count). The Hall–Kier alpha value is -3.72. The first-order valence-electron chi connectivity index (χ1n) is 11.3. The molecule has 0 atom stereocenters. The molecular formula is C28H24Cl2N2O5S. The van der Waals surface area contributed by atoms with E-state index in [1.54, 1.807) is 57.7 Å². The zero-order chi connectivity index (χ0) is 27.1. The molecule has 1 N–H and O–H groups in total. The van der Waals surface area contributed by atoms with Gasteiger partial charge in [-0.2, -0.15) is 0 Å². The number of amides is 1. The maximum atomic E-state index is 12.5. The van der Waals surface area contributed by atoms with E-state index in [1.165, 1.54) is 17.4 Å². The summed E-state index contributed by atoms with van der Waals surface area (Å²) in [5.74, 6) is 1.95. The summed E-state index contributed by atoms with van der Waals surface area (Å²) in [5, 5.41) is 6.18. The summed E-state index contributed by atoms with van der Waals surface area (Å²) < 4.78 is 22.0. The van der Waals surface area contributed by atoms with E-state index in [0.29, 0.717) is 49.4 Å². The van der Waals surface area contributed by atoms with Crippen molar-refractivity contribution in [2.45, 2.75) is 6.61 Å². The van der Waals surface area contributed by atoms with Gasteiger partial charge in [-0.05, 0) is 54.1 Å². The number of nitrogens with zero attached hydrogens (tertiary/aromatic N) is 1. The van der Waals surface area contributed by atoms with Crippen molar-refractivity contribution in [1.82, 2.24) is 4.98 Å². The molecule has 196 valence electrons. The van der Waals surface area contributed by atoms with E-state index in [-0.39, 0.29) is 12.5 Å². The SMILES string of the molecule is COc1ccc(-c2csc(NC(=O)/C=C/c3ccc(OCc4c(Cl)cccc4Cl)c(OC)c3)n2)cc1OC. The number of hydrogen-bond donors (Lipinski definition) is 1. The maximum absolute atomic E-state index is 12.5. The highest BCUT2D eigenvalue weighted by Gasteiger charge is 2.12. The number of rotatable bonds is 10. The first kappa shape index (κ1) is 27.3. The Balaban J connectivity index is 1.39. The number of nitrogens with one attached hydrogen (secondary N) is 1. The summed E-state index contributed by atoms with van der Waals surface area (Å²) in [7, 11) is 4.70. The van der Waals surface area contributed by atoms with Crippen LogP contribution in [0.1, 0.15) is 11.1 Å². The number of carbonyl (C=O) groups is 1. The molecule has 7 nitrogen and oxygen atoms in total. The van der Waals surface area contributed by atoms with Crippen molar-refractivity contribution in [3.05, 3.63) is 87.2 Å². The molecule has 38 heavy (non-hydrogen) atoms. The van der Waals surface area contributed by atoms with Crippen LogP contribution in [0.3, 0.4) is 0 Å². The van der Waals surface area contributed by atoms with Gasteiger partial charge in [0.2, 0.25) is 5.91 Å². The molecule has 0 unspecified atom stereocenters. The summed E-state index contributed by atoms with van der Waals surface area (Å²) in [4.78, 5) is 17.0. The average Bonchev–Trinajstić information content (AvgIpc) is 3.39. The lowest BCUT2D eigenvalue weighted by Crippen LogP contribution is -2.07. The number of benzene rings is 3. The third-order valence-corrected chi connectivity index (χ3v) is 6.93. The van der Waals surface area contributed by atoms with Crippen LogP contribution in [-0.4, -0.2) is 32.2 Å². The molecule has 0 aliphatic carbocycles. The minimum Gasteiger partial charge on any atom is -0.493 e. The third-order valence-electron chi connectivity index (χ3n) is 5.46. The van der Waals surface area contributed by atoms with Crippen molar-refractivity contribution in [1.29, 1.82) is 0 Å². The second-order valence-corrected chi connectivity index (χ2v) is 9.50. The van der Waals surface area contributed by atoms with Crippen LogP contribution < -0.4 is 24.3 Å². The zero-order valence-corrected chi connectivity index (χ0v) is 23.1. The van der Waals surface area contributed by atoms with Gasteiger partial charge in [-0.1, -0.05) is 35.3 Å². The highest BCUT2D eigenvalue weighted by molar-refractivity contribution is 7.14. The summed E-state index contributed by atoms with van der Waals surface area (Å²) in [6, 6.07) is 16.2. The van der Waals surface area contributed by atoms with Crippen molar-refractivity contribution < 1.29 is 23.7 Å². The van der Waals surface area contributed by atoms with E-state index in [9.17, 15) is 4.79 Å². The van der Waals surface area contributed by atoms with Crippen LogP contribution in [0.2, 0.25) is 10.0 Å². The number of carbonyl (C=O) groups excluding carboxylic acids is 1. The highest BCUT2D eigenvalue weighted by Crippen LogP contribution is 2.34. The van der Waals surface area contributed by atoms with Gasteiger partial charge in [0.25, 0.3) is 0 Å². The van der Waals surface area contributed by atoms with E-state index < -0.39 is 0 Å². The first-order valence-corrected chi connectivity index (χ1v) is 13.0. The molecular weight excluding hydrogens is 547 g/mol. The standard InChI is InChI=1S/C28H24Cl2N2O5S/c1-34-23-11-9-18(14-26(23)36-3)22-16-38-28(31-22)32-27(33)12-8-17-7-10-24(25(13-17)35-2)37-15-19-20(29)5-4-6-21(19)30/h4-14,16H,15H2,1-3H3,(H,31,32,33)/b12-8+. The van der Waals surface area contributed by atoms with Gasteiger partial charge in [0.05, 0.1) is 27.0 Å². The Kier molecular flexibility index (Phi) is 9.12. The number of halogens is 2. The van der Waals surface area contributed by atoms with Gasteiger partial charge in [-0.3, -0.25) is 10.1 Å². The van der Waals surface area contributed by atoms with E-state index >= 15 is 0 Å². The minimum atomic E-state index is -0.314. The van der Waals surface area contributed by atoms with Crippen LogP contribution in [0.15, 0.2) is 66.1 Å². The van der Waals surface area contributed by atoms with Gasteiger partial charge in [-0.15, -0.1) is 11.3 Å². The van der Waals surface area contributed by atoms with E-state index in [4.69, 9.17) is 42.1 Å². The van der Waals surface area contributed by atoms with Crippen LogP contribution >= 0.6 is 34.5 Å². The molecule has 0 aliphatic rings. The molecule has 3 aromatic carbocycles. The predicted molar refractivity (Wildman–Crippen MR) is 152 cm³/mol. The molecule has 0 saturated carbocycles. The Morgan fingerprint density at radius 2 is 1.61 bits per heavy atom. The maximum Gasteiger partial charge on any atom is 0.250 e. The summed E-state index contributed by atoms with van der Waals surface area (Å²) >= 11 is 13.8. The Morgan fingerprint density at radius 3 is 2.32 bits per heavy atom. The second kappa shape index (κ2) is 12.7.